The molecule has 96 valence electrons. The van der Waals surface area contributed by atoms with E-state index >= 15 is 0 Å². The summed E-state index contributed by atoms with van der Waals surface area (Å²) in [6, 6.07) is -0.250. The lowest BCUT2D eigenvalue weighted by molar-refractivity contribution is 0.541. The first-order valence-electron chi connectivity index (χ1n) is 4.89. The Morgan fingerprint density at radius 1 is 1.53 bits per heavy atom. The molecule has 1 aliphatic heterocycles. The van der Waals surface area contributed by atoms with Crippen LogP contribution in [0.4, 0.5) is 0 Å². The van der Waals surface area contributed by atoms with Crippen molar-refractivity contribution in [2.24, 2.45) is 0 Å². The number of hydrogen-bond donors (Lipinski definition) is 0. The van der Waals surface area contributed by atoms with Crippen molar-refractivity contribution in [1.82, 2.24) is 9.55 Å². The Balaban J connectivity index is 2.39. The number of imidazole rings is 1. The predicted octanol–water partition coefficient (Wildman–Crippen LogP) is 0.479. The zero-order valence-corrected chi connectivity index (χ0v) is 11.4. The Hall–Kier alpha value is -0.600. The third-order valence-electron chi connectivity index (χ3n) is 2.75. The molecule has 9 heteroatoms. The number of rotatable bonds is 2. The van der Waals surface area contributed by atoms with Crippen molar-refractivity contribution in [3.63, 3.8) is 0 Å². The minimum Gasteiger partial charge on any atom is -0.330 e. The van der Waals surface area contributed by atoms with Gasteiger partial charge in [0.2, 0.25) is 0 Å². The molecule has 2 heterocycles. The fraction of sp³-hybridized carbons (Fsp3) is 0.625. The second-order valence-electron chi connectivity index (χ2n) is 4.03. The zero-order valence-electron chi connectivity index (χ0n) is 9.00. The second-order valence-corrected chi connectivity index (χ2v) is 8.77. The number of aromatic nitrogens is 2. The summed E-state index contributed by atoms with van der Waals surface area (Å²) in [6.07, 6.45) is 1.77. The SMILES string of the molecule is Cc1nc(S(=O)(=O)Cl)cn1C1CCS(=O)(=O)C1. The Bertz CT molecular complexity index is 647. The first-order valence-corrected chi connectivity index (χ1v) is 9.03. The maximum Gasteiger partial charge on any atom is 0.280 e. The van der Waals surface area contributed by atoms with E-state index in [-0.39, 0.29) is 22.6 Å². The Morgan fingerprint density at radius 3 is 2.59 bits per heavy atom. The third-order valence-corrected chi connectivity index (χ3v) is 5.67. The van der Waals surface area contributed by atoms with Crippen LogP contribution in [-0.4, -0.2) is 37.9 Å². The van der Waals surface area contributed by atoms with Crippen LogP contribution in [0.15, 0.2) is 11.2 Å². The topological polar surface area (TPSA) is 86.1 Å². The molecule has 1 unspecified atom stereocenters. The highest BCUT2D eigenvalue weighted by Crippen LogP contribution is 2.26. The van der Waals surface area contributed by atoms with Crippen LogP contribution in [0.25, 0.3) is 0 Å². The van der Waals surface area contributed by atoms with Crippen LogP contribution >= 0.6 is 10.7 Å². The van der Waals surface area contributed by atoms with E-state index in [4.69, 9.17) is 10.7 Å². The van der Waals surface area contributed by atoms with Crippen molar-refractivity contribution >= 4 is 29.6 Å². The molecule has 0 saturated carbocycles. The van der Waals surface area contributed by atoms with Crippen molar-refractivity contribution < 1.29 is 16.8 Å². The molecule has 6 nitrogen and oxygen atoms in total. The van der Waals surface area contributed by atoms with Gasteiger partial charge in [0, 0.05) is 22.9 Å². The van der Waals surface area contributed by atoms with Crippen LogP contribution in [-0.2, 0) is 18.9 Å². The van der Waals surface area contributed by atoms with Gasteiger partial charge in [0.05, 0.1) is 11.5 Å². The quantitative estimate of drug-likeness (QED) is 0.741. The van der Waals surface area contributed by atoms with E-state index in [1.165, 1.54) is 6.20 Å². The van der Waals surface area contributed by atoms with E-state index in [1.54, 1.807) is 11.5 Å². The molecule has 0 amide bonds. The van der Waals surface area contributed by atoms with Crippen molar-refractivity contribution in [2.75, 3.05) is 11.5 Å². The summed E-state index contributed by atoms with van der Waals surface area (Å²) in [4.78, 5) is 3.82. The summed E-state index contributed by atoms with van der Waals surface area (Å²) >= 11 is 0. The van der Waals surface area contributed by atoms with Crippen LogP contribution in [0.2, 0.25) is 0 Å². The van der Waals surface area contributed by atoms with Gasteiger partial charge in [-0.2, -0.15) is 0 Å². The molecule has 2 rings (SSSR count). The van der Waals surface area contributed by atoms with E-state index in [9.17, 15) is 16.8 Å². The molecule has 1 aliphatic rings. The van der Waals surface area contributed by atoms with Gasteiger partial charge >= 0.3 is 0 Å². The number of hydrogen-bond acceptors (Lipinski definition) is 5. The summed E-state index contributed by atoms with van der Waals surface area (Å²) in [7, 11) is -1.70. The van der Waals surface area contributed by atoms with Crippen molar-refractivity contribution in [3.8, 4) is 0 Å². The van der Waals surface area contributed by atoms with Crippen LogP contribution in [0.5, 0.6) is 0 Å². The molecule has 1 aromatic rings. The van der Waals surface area contributed by atoms with Crippen molar-refractivity contribution in [2.45, 2.75) is 24.4 Å². The Kier molecular flexibility index (Phi) is 2.99. The average Bonchev–Trinajstić information content (AvgIpc) is 2.68. The van der Waals surface area contributed by atoms with Crippen molar-refractivity contribution in [1.29, 1.82) is 0 Å². The number of halogens is 1. The monoisotopic (exact) mass is 298 g/mol. The molecule has 0 radical (unpaired) electrons. The highest BCUT2D eigenvalue weighted by Gasteiger charge is 2.31. The van der Waals surface area contributed by atoms with E-state index in [0.29, 0.717) is 12.2 Å². The van der Waals surface area contributed by atoms with Gasteiger partial charge < -0.3 is 4.57 Å². The Labute approximate surface area is 104 Å². The fourth-order valence-corrected chi connectivity index (χ4v) is 4.36. The molecule has 0 aromatic carbocycles. The number of sulfone groups is 1. The molecule has 1 atom stereocenters. The lowest BCUT2D eigenvalue weighted by atomic mass is 10.2. The van der Waals surface area contributed by atoms with E-state index in [2.05, 4.69) is 4.98 Å². The van der Waals surface area contributed by atoms with Gasteiger partial charge in [0.25, 0.3) is 9.05 Å². The van der Waals surface area contributed by atoms with Gasteiger partial charge in [0.15, 0.2) is 14.9 Å². The molecular formula is C8H11ClN2O4S2. The van der Waals surface area contributed by atoms with E-state index in [1.807, 2.05) is 0 Å². The van der Waals surface area contributed by atoms with Crippen LogP contribution in [0.3, 0.4) is 0 Å². The molecule has 1 aromatic heterocycles. The summed E-state index contributed by atoms with van der Waals surface area (Å²) in [5.41, 5.74) is 0. The highest BCUT2D eigenvalue weighted by atomic mass is 35.7. The highest BCUT2D eigenvalue weighted by molar-refractivity contribution is 8.13. The average molecular weight is 299 g/mol. The van der Waals surface area contributed by atoms with Gasteiger partial charge in [-0.3, -0.25) is 0 Å². The summed E-state index contributed by atoms with van der Waals surface area (Å²) in [5.74, 6) is 0.593. The largest absolute Gasteiger partial charge is 0.330 e. The molecule has 1 saturated heterocycles. The molecule has 17 heavy (non-hydrogen) atoms. The Morgan fingerprint density at radius 2 is 2.18 bits per heavy atom. The minimum absolute atomic E-state index is 0.0198. The number of aryl methyl sites for hydroxylation is 1. The predicted molar refractivity (Wildman–Crippen MR) is 62.3 cm³/mol. The molecule has 0 bridgehead atoms. The van der Waals surface area contributed by atoms with Gasteiger partial charge in [-0.25, -0.2) is 21.8 Å². The lowest BCUT2D eigenvalue weighted by Gasteiger charge is -2.10. The summed E-state index contributed by atoms with van der Waals surface area (Å²) in [5, 5.41) is -0.235. The summed E-state index contributed by atoms with van der Waals surface area (Å²) in [6.45, 7) is 1.62. The molecule has 0 aliphatic carbocycles. The van der Waals surface area contributed by atoms with Crippen LogP contribution < -0.4 is 0 Å². The van der Waals surface area contributed by atoms with Gasteiger partial charge in [0.1, 0.15) is 5.82 Å². The van der Waals surface area contributed by atoms with E-state index in [0.717, 1.165) is 0 Å². The standard InChI is InChI=1S/C8H11ClN2O4S2/c1-6-10-8(17(9,14)15)4-11(6)7-2-3-16(12,13)5-7/h4,7H,2-3,5H2,1H3. The maximum atomic E-state index is 11.4. The molecule has 0 N–H and O–H groups in total. The van der Waals surface area contributed by atoms with Gasteiger partial charge in [-0.05, 0) is 13.3 Å². The molecule has 1 fully saturated rings. The summed E-state index contributed by atoms with van der Waals surface area (Å²) < 4.78 is 46.5. The first kappa shape index (κ1) is 12.8. The normalized spacial score (nSPS) is 24.0. The first-order chi connectivity index (χ1) is 7.69. The molecular weight excluding hydrogens is 288 g/mol. The third kappa shape index (κ3) is 2.63. The van der Waals surface area contributed by atoms with E-state index < -0.39 is 18.9 Å². The smallest absolute Gasteiger partial charge is 0.280 e. The second kappa shape index (κ2) is 3.96. The van der Waals surface area contributed by atoms with Crippen LogP contribution in [0, 0.1) is 6.92 Å². The fourth-order valence-electron chi connectivity index (χ4n) is 1.94. The molecule has 0 spiro atoms. The van der Waals surface area contributed by atoms with Gasteiger partial charge in [-0.1, -0.05) is 0 Å². The van der Waals surface area contributed by atoms with Crippen molar-refractivity contribution in [3.05, 3.63) is 12.0 Å². The minimum atomic E-state index is -3.87. The zero-order chi connectivity index (χ0) is 12.8. The van der Waals surface area contributed by atoms with Crippen LogP contribution in [0.1, 0.15) is 18.3 Å². The lowest BCUT2D eigenvalue weighted by Crippen LogP contribution is -2.11. The maximum absolute atomic E-state index is 11.4. The number of nitrogens with zero attached hydrogens (tertiary/aromatic N) is 2. The van der Waals surface area contributed by atoms with Gasteiger partial charge in [-0.15, -0.1) is 0 Å².